The summed E-state index contributed by atoms with van der Waals surface area (Å²) in [5.74, 6) is -0.665. The zero-order chi connectivity index (χ0) is 18.0. The van der Waals surface area contributed by atoms with Crippen LogP contribution in [0.5, 0.6) is 5.75 Å². The second-order valence-electron chi connectivity index (χ2n) is 5.29. The van der Waals surface area contributed by atoms with Crippen molar-refractivity contribution in [1.82, 2.24) is 5.32 Å². The molecule has 1 heterocycles. The van der Waals surface area contributed by atoms with Crippen LogP contribution in [0.25, 0.3) is 6.08 Å². The lowest BCUT2D eigenvalue weighted by Crippen LogP contribution is -2.17. The highest BCUT2D eigenvalue weighted by Crippen LogP contribution is 2.31. The molecule has 1 N–H and O–H groups in total. The van der Waals surface area contributed by atoms with Gasteiger partial charge in [0.05, 0.1) is 10.5 Å². The van der Waals surface area contributed by atoms with Gasteiger partial charge in [0.25, 0.3) is 11.1 Å². The Morgan fingerprint density at radius 1 is 1.16 bits per heavy atom. The fourth-order valence-corrected chi connectivity index (χ4v) is 3.19. The zero-order valence-electron chi connectivity index (χ0n) is 13.0. The lowest BCUT2D eigenvalue weighted by atomic mass is 10.1. The number of thioether (sulfide) groups is 1. The molecule has 2 amide bonds. The number of hydrogen-bond donors (Lipinski definition) is 1. The van der Waals surface area contributed by atoms with E-state index in [0.717, 1.165) is 21.8 Å². The van der Waals surface area contributed by atoms with Gasteiger partial charge in [-0.3, -0.25) is 14.9 Å². The number of nitrogens with one attached hydrogen (secondary N) is 1. The van der Waals surface area contributed by atoms with Crippen LogP contribution in [-0.4, -0.2) is 17.1 Å². The van der Waals surface area contributed by atoms with Crippen LogP contribution < -0.4 is 10.1 Å². The van der Waals surface area contributed by atoms with E-state index in [1.165, 1.54) is 6.08 Å². The molecule has 2 aromatic carbocycles. The molecule has 0 spiro atoms. The van der Waals surface area contributed by atoms with Crippen LogP contribution in [0.3, 0.4) is 0 Å². The highest BCUT2D eigenvalue weighted by Gasteiger charge is 2.25. The van der Waals surface area contributed by atoms with Crippen molar-refractivity contribution in [3.63, 3.8) is 0 Å². The predicted octanol–water partition coefficient (Wildman–Crippen LogP) is 4.30. The molecular formula is C18H12BrNO4S. The van der Waals surface area contributed by atoms with E-state index in [4.69, 9.17) is 4.74 Å². The average molecular weight is 418 g/mol. The van der Waals surface area contributed by atoms with Crippen molar-refractivity contribution in [1.29, 1.82) is 0 Å². The third-order valence-electron chi connectivity index (χ3n) is 3.39. The van der Waals surface area contributed by atoms with Crippen LogP contribution in [0, 0.1) is 6.92 Å². The van der Waals surface area contributed by atoms with E-state index in [-0.39, 0.29) is 4.91 Å². The van der Waals surface area contributed by atoms with Crippen LogP contribution >= 0.6 is 27.7 Å². The molecule has 1 fully saturated rings. The minimum absolute atomic E-state index is 0.246. The van der Waals surface area contributed by atoms with E-state index >= 15 is 0 Å². The molecule has 1 aliphatic rings. The van der Waals surface area contributed by atoms with Crippen molar-refractivity contribution in [2.75, 3.05) is 0 Å². The second-order valence-corrected chi connectivity index (χ2v) is 7.22. The van der Waals surface area contributed by atoms with Gasteiger partial charge in [0.1, 0.15) is 5.75 Å². The van der Waals surface area contributed by atoms with E-state index in [1.54, 1.807) is 30.3 Å². The molecule has 1 saturated heterocycles. The summed E-state index contributed by atoms with van der Waals surface area (Å²) in [6, 6.07) is 12.1. The van der Waals surface area contributed by atoms with E-state index in [2.05, 4.69) is 21.2 Å². The maximum Gasteiger partial charge on any atom is 0.343 e. The van der Waals surface area contributed by atoms with Crippen LogP contribution in [0.2, 0.25) is 0 Å². The monoisotopic (exact) mass is 417 g/mol. The minimum Gasteiger partial charge on any atom is -0.422 e. The van der Waals surface area contributed by atoms with Crippen LogP contribution in [0.1, 0.15) is 21.5 Å². The summed E-state index contributed by atoms with van der Waals surface area (Å²) in [6.45, 7) is 1.93. The molecule has 0 radical (unpaired) electrons. The number of carbonyl (C=O) groups is 3. The molecule has 0 saturated carbocycles. The molecule has 25 heavy (non-hydrogen) atoms. The van der Waals surface area contributed by atoms with Gasteiger partial charge in [-0.1, -0.05) is 33.6 Å². The fourth-order valence-electron chi connectivity index (χ4n) is 2.14. The summed E-state index contributed by atoms with van der Waals surface area (Å²) in [7, 11) is 0. The van der Waals surface area contributed by atoms with E-state index in [0.29, 0.717) is 16.9 Å². The Balaban J connectivity index is 1.90. The maximum atomic E-state index is 12.3. The number of aryl methyl sites for hydroxylation is 1. The van der Waals surface area contributed by atoms with Crippen LogP contribution in [0.15, 0.2) is 51.8 Å². The molecular weight excluding hydrogens is 406 g/mol. The number of carbonyl (C=O) groups excluding carboxylic acids is 3. The smallest absolute Gasteiger partial charge is 0.343 e. The third kappa shape index (κ3) is 4.18. The Hall–Kier alpha value is -2.38. The predicted molar refractivity (Wildman–Crippen MR) is 99.4 cm³/mol. The first kappa shape index (κ1) is 17.4. The number of hydrogen-bond acceptors (Lipinski definition) is 5. The number of imide groups is 1. The molecule has 0 atom stereocenters. The molecule has 0 aromatic heterocycles. The van der Waals surface area contributed by atoms with E-state index in [9.17, 15) is 14.4 Å². The lowest BCUT2D eigenvalue weighted by molar-refractivity contribution is -0.115. The lowest BCUT2D eigenvalue weighted by Gasteiger charge is -2.09. The van der Waals surface area contributed by atoms with Gasteiger partial charge in [-0.2, -0.15) is 0 Å². The quantitative estimate of drug-likeness (QED) is 0.457. The van der Waals surface area contributed by atoms with Gasteiger partial charge >= 0.3 is 5.97 Å². The van der Waals surface area contributed by atoms with Crippen molar-refractivity contribution in [3.8, 4) is 5.75 Å². The summed E-state index contributed by atoms with van der Waals surface area (Å²) in [6.07, 6.45) is 1.52. The van der Waals surface area contributed by atoms with Gasteiger partial charge in [0.2, 0.25) is 0 Å². The summed E-state index contributed by atoms with van der Waals surface area (Å²) in [4.78, 5) is 35.6. The highest BCUT2D eigenvalue weighted by molar-refractivity contribution is 9.10. The molecule has 126 valence electrons. The Bertz CT molecular complexity index is 906. The molecule has 0 bridgehead atoms. The van der Waals surface area contributed by atoms with Crippen molar-refractivity contribution < 1.29 is 19.1 Å². The van der Waals surface area contributed by atoms with Gasteiger partial charge in [-0.25, -0.2) is 4.79 Å². The average Bonchev–Trinajstić information content (AvgIpc) is 2.88. The van der Waals surface area contributed by atoms with Crippen LogP contribution in [0.4, 0.5) is 4.79 Å². The molecule has 5 nitrogen and oxygen atoms in total. The van der Waals surface area contributed by atoms with Gasteiger partial charge in [0.15, 0.2) is 0 Å². The van der Waals surface area contributed by atoms with Crippen molar-refractivity contribution in [2.24, 2.45) is 0 Å². The van der Waals surface area contributed by atoms with Gasteiger partial charge < -0.3 is 4.74 Å². The first-order valence-electron chi connectivity index (χ1n) is 7.25. The Kier molecular flexibility index (Phi) is 5.06. The van der Waals surface area contributed by atoms with Crippen LogP contribution in [-0.2, 0) is 4.79 Å². The largest absolute Gasteiger partial charge is 0.422 e. The number of ether oxygens (including phenoxy) is 1. The Morgan fingerprint density at radius 2 is 1.88 bits per heavy atom. The summed E-state index contributed by atoms with van der Waals surface area (Å²) >= 11 is 4.15. The molecule has 7 heteroatoms. The van der Waals surface area contributed by atoms with Crippen molar-refractivity contribution in [3.05, 3.63) is 68.5 Å². The first-order valence-corrected chi connectivity index (χ1v) is 8.86. The zero-order valence-corrected chi connectivity index (χ0v) is 15.4. The standard InChI is InChI=1S/C18H12BrNO4S/c1-10-2-4-11(5-3-10)17(22)24-14-7-6-13(19)8-12(14)9-15-16(21)20-18(23)25-15/h2-9H,1H3,(H,20,21,23)/b15-9-. The highest BCUT2D eigenvalue weighted by atomic mass is 79.9. The Labute approximate surface area is 156 Å². The summed E-state index contributed by atoms with van der Waals surface area (Å²) < 4.78 is 6.22. The topological polar surface area (TPSA) is 72.5 Å². The van der Waals surface area contributed by atoms with Gasteiger partial charge in [-0.05, 0) is 55.1 Å². The number of esters is 1. The maximum absolute atomic E-state index is 12.3. The molecule has 0 aliphatic carbocycles. The normalized spacial score (nSPS) is 15.4. The SMILES string of the molecule is Cc1ccc(C(=O)Oc2ccc(Br)cc2/C=C2\SC(=O)NC2=O)cc1. The summed E-state index contributed by atoms with van der Waals surface area (Å²) in [5.41, 5.74) is 1.98. The number of amides is 2. The first-order chi connectivity index (χ1) is 11.9. The molecule has 2 aromatic rings. The molecule has 0 unspecified atom stereocenters. The number of halogens is 1. The fraction of sp³-hybridized carbons (Fsp3) is 0.0556. The second kappa shape index (κ2) is 7.25. The molecule has 1 aliphatic heterocycles. The third-order valence-corrected chi connectivity index (χ3v) is 4.69. The van der Waals surface area contributed by atoms with E-state index < -0.39 is 17.1 Å². The van der Waals surface area contributed by atoms with Crippen molar-refractivity contribution in [2.45, 2.75) is 6.92 Å². The van der Waals surface area contributed by atoms with E-state index in [1.807, 2.05) is 19.1 Å². The number of benzene rings is 2. The van der Waals surface area contributed by atoms with Crippen molar-refractivity contribution >= 4 is 50.9 Å². The molecule has 3 rings (SSSR count). The van der Waals surface area contributed by atoms with Gasteiger partial charge in [0, 0.05) is 10.0 Å². The minimum atomic E-state index is -0.499. The summed E-state index contributed by atoms with van der Waals surface area (Å²) in [5, 5.41) is 1.76. The number of rotatable bonds is 3. The van der Waals surface area contributed by atoms with Gasteiger partial charge in [-0.15, -0.1) is 0 Å². The Morgan fingerprint density at radius 3 is 2.52 bits per heavy atom.